The Bertz CT molecular complexity index is 777. The van der Waals surface area contributed by atoms with E-state index in [4.69, 9.17) is 14.2 Å². The van der Waals surface area contributed by atoms with Gasteiger partial charge in [0, 0.05) is 20.0 Å². The average molecular weight is 491 g/mol. The Balaban J connectivity index is 1.31. The fourth-order valence-electron chi connectivity index (χ4n) is 10.2. The number of carbonyl (C=O) groups is 1. The highest BCUT2D eigenvalue weighted by atomic mass is 16.7. The van der Waals surface area contributed by atoms with Gasteiger partial charge in [-0.1, -0.05) is 40.5 Å². The molecular weight excluding hydrogens is 440 g/mol. The van der Waals surface area contributed by atoms with Gasteiger partial charge in [0.05, 0.1) is 25.2 Å². The van der Waals surface area contributed by atoms with Gasteiger partial charge in [-0.05, 0) is 91.3 Å². The van der Waals surface area contributed by atoms with Crippen LogP contribution in [0.25, 0.3) is 0 Å². The van der Waals surface area contributed by atoms with Gasteiger partial charge in [-0.25, -0.2) is 0 Å². The van der Waals surface area contributed by atoms with Crippen LogP contribution in [0.4, 0.5) is 0 Å². The molecule has 1 heterocycles. The predicted octanol–water partition coefficient (Wildman–Crippen LogP) is 6.54. The zero-order valence-electron chi connectivity index (χ0n) is 22.9. The van der Waals surface area contributed by atoms with Crippen LogP contribution in [0.2, 0.25) is 0 Å². The van der Waals surface area contributed by atoms with Crippen molar-refractivity contribution in [1.29, 1.82) is 0 Å². The third kappa shape index (κ3) is 4.30. The average Bonchev–Trinajstić information content (AvgIpc) is 3.43. The van der Waals surface area contributed by atoms with Crippen LogP contribution in [0, 0.1) is 52.3 Å². The van der Waals surface area contributed by atoms with Crippen LogP contribution in [0.1, 0.15) is 98.3 Å². The highest BCUT2D eigenvalue weighted by Crippen LogP contribution is 2.69. The quantitative estimate of drug-likeness (QED) is 0.439. The molecule has 1 saturated heterocycles. The lowest BCUT2D eigenvalue weighted by molar-refractivity contribution is -0.245. The minimum absolute atomic E-state index is 0.224. The van der Waals surface area contributed by atoms with E-state index in [1.807, 2.05) is 14.0 Å². The zero-order chi connectivity index (χ0) is 25.0. The van der Waals surface area contributed by atoms with Crippen molar-refractivity contribution in [3.8, 4) is 0 Å². The Morgan fingerprint density at radius 2 is 1.71 bits per heavy atom. The van der Waals surface area contributed by atoms with E-state index < -0.39 is 5.97 Å². The predicted molar refractivity (Wildman–Crippen MR) is 136 cm³/mol. The van der Waals surface area contributed by atoms with Crippen LogP contribution in [0.15, 0.2) is 0 Å². The smallest absolute Gasteiger partial charge is 0.306 e. The second-order valence-electron chi connectivity index (χ2n) is 13.7. The first-order chi connectivity index (χ1) is 16.6. The number of ether oxygens (including phenoxy) is 3. The molecule has 4 saturated carbocycles. The number of methoxy groups -OCH3 is 1. The first-order valence-electron chi connectivity index (χ1n) is 14.7. The van der Waals surface area contributed by atoms with Gasteiger partial charge in [-0.2, -0.15) is 0 Å². The van der Waals surface area contributed by atoms with Crippen molar-refractivity contribution >= 4 is 5.97 Å². The molecule has 1 spiro atoms. The van der Waals surface area contributed by atoms with Gasteiger partial charge in [0.25, 0.3) is 0 Å². The van der Waals surface area contributed by atoms with Crippen molar-refractivity contribution in [1.82, 2.24) is 0 Å². The lowest BCUT2D eigenvalue weighted by atomic mass is 9.43. The van der Waals surface area contributed by atoms with E-state index in [1.165, 1.54) is 32.1 Å². The van der Waals surface area contributed by atoms with Gasteiger partial charge in [-0.15, -0.1) is 0 Å². The van der Waals surface area contributed by atoms with Gasteiger partial charge < -0.3 is 19.3 Å². The summed E-state index contributed by atoms with van der Waals surface area (Å²) in [6.07, 6.45) is 13.2. The molecule has 1 aliphatic heterocycles. The first kappa shape index (κ1) is 26.0. The zero-order valence-corrected chi connectivity index (χ0v) is 22.9. The molecule has 0 aromatic rings. The molecule has 5 aliphatic rings. The van der Waals surface area contributed by atoms with E-state index in [2.05, 4.69) is 20.8 Å². The van der Waals surface area contributed by atoms with E-state index in [0.29, 0.717) is 34.7 Å². The first-order valence-corrected chi connectivity index (χ1v) is 14.7. The Kier molecular flexibility index (Phi) is 7.11. The van der Waals surface area contributed by atoms with Gasteiger partial charge in [-0.3, -0.25) is 4.79 Å². The van der Waals surface area contributed by atoms with E-state index in [0.717, 1.165) is 69.5 Å². The van der Waals surface area contributed by atoms with Gasteiger partial charge in [0.15, 0.2) is 5.79 Å². The van der Waals surface area contributed by atoms with Gasteiger partial charge >= 0.3 is 5.97 Å². The second kappa shape index (κ2) is 9.58. The van der Waals surface area contributed by atoms with Crippen LogP contribution in [-0.4, -0.2) is 43.3 Å². The molecular formula is C30H50O5. The Labute approximate surface area is 213 Å². The number of carboxylic acids is 1. The molecule has 0 amide bonds. The van der Waals surface area contributed by atoms with Crippen molar-refractivity contribution in [2.24, 2.45) is 52.3 Å². The summed E-state index contributed by atoms with van der Waals surface area (Å²) in [7, 11) is 1.95. The van der Waals surface area contributed by atoms with Crippen LogP contribution >= 0.6 is 0 Å². The topological polar surface area (TPSA) is 65.0 Å². The largest absolute Gasteiger partial charge is 0.481 e. The minimum atomic E-state index is -0.654. The summed E-state index contributed by atoms with van der Waals surface area (Å²) in [5.41, 5.74) is 0.769. The van der Waals surface area contributed by atoms with E-state index in [-0.39, 0.29) is 11.7 Å². The summed E-state index contributed by atoms with van der Waals surface area (Å²) in [5.74, 6) is 3.02. The lowest BCUT2D eigenvalue weighted by Gasteiger charge is -2.63. The van der Waals surface area contributed by atoms with E-state index in [9.17, 15) is 9.90 Å². The monoisotopic (exact) mass is 490 g/mol. The van der Waals surface area contributed by atoms with Gasteiger partial charge in [0.2, 0.25) is 0 Å². The third-order valence-electron chi connectivity index (χ3n) is 12.3. The number of rotatable bonds is 7. The normalized spacial score (nSPS) is 46.0. The maximum absolute atomic E-state index is 11.2. The molecule has 200 valence electrons. The SMILES string of the molecule is CO[C@@H]1C[C@H]2CC3(CCC2(C)C2CCC4(C)C(CCC4[C@H](C)CCC[C@@H](C)C(=O)O)C21)OCCO3. The van der Waals surface area contributed by atoms with E-state index >= 15 is 0 Å². The highest BCUT2D eigenvalue weighted by molar-refractivity contribution is 5.69. The minimum Gasteiger partial charge on any atom is -0.481 e. The molecule has 5 rings (SSSR count). The summed E-state index contributed by atoms with van der Waals surface area (Å²) < 4.78 is 18.7. The molecule has 0 bridgehead atoms. The number of carboxylic acid groups (broad SMARTS) is 1. The van der Waals surface area contributed by atoms with Gasteiger partial charge in [0.1, 0.15) is 0 Å². The van der Waals surface area contributed by atoms with Crippen molar-refractivity contribution in [3.05, 3.63) is 0 Å². The Morgan fingerprint density at radius 3 is 2.40 bits per heavy atom. The number of hydrogen-bond donors (Lipinski definition) is 1. The summed E-state index contributed by atoms with van der Waals surface area (Å²) in [5, 5.41) is 9.25. The van der Waals surface area contributed by atoms with Crippen molar-refractivity contribution in [2.45, 2.75) is 110 Å². The van der Waals surface area contributed by atoms with Crippen molar-refractivity contribution in [2.75, 3.05) is 20.3 Å². The summed E-state index contributed by atoms with van der Waals surface area (Å²) >= 11 is 0. The lowest BCUT2D eigenvalue weighted by Crippen LogP contribution is -2.60. The fourth-order valence-corrected chi connectivity index (χ4v) is 10.2. The van der Waals surface area contributed by atoms with E-state index in [1.54, 1.807) is 0 Å². The van der Waals surface area contributed by atoms with Crippen LogP contribution in [-0.2, 0) is 19.0 Å². The molecule has 10 atom stereocenters. The molecule has 1 N–H and O–H groups in total. The molecule has 5 fully saturated rings. The van der Waals surface area contributed by atoms with Crippen molar-refractivity contribution in [3.63, 3.8) is 0 Å². The molecule has 35 heavy (non-hydrogen) atoms. The molecule has 0 aromatic carbocycles. The fraction of sp³-hybridized carbons (Fsp3) is 0.967. The highest BCUT2D eigenvalue weighted by Gasteiger charge is 2.64. The third-order valence-corrected chi connectivity index (χ3v) is 12.3. The number of fused-ring (bicyclic) bond motifs is 5. The summed E-state index contributed by atoms with van der Waals surface area (Å²) in [6, 6.07) is 0. The van der Waals surface area contributed by atoms with Crippen molar-refractivity contribution < 1.29 is 24.1 Å². The molecule has 5 nitrogen and oxygen atoms in total. The molecule has 0 aromatic heterocycles. The molecule has 4 aliphatic carbocycles. The van der Waals surface area contributed by atoms with Crippen LogP contribution < -0.4 is 0 Å². The molecule has 6 unspecified atom stereocenters. The molecule has 5 heteroatoms. The van der Waals surface area contributed by atoms with Crippen LogP contribution in [0.3, 0.4) is 0 Å². The Morgan fingerprint density at radius 1 is 1.00 bits per heavy atom. The number of aliphatic carboxylic acids is 1. The molecule has 0 radical (unpaired) electrons. The Hall–Kier alpha value is -0.650. The summed E-state index contributed by atoms with van der Waals surface area (Å²) in [6.45, 7) is 11.0. The number of hydrogen-bond acceptors (Lipinski definition) is 4. The maximum atomic E-state index is 11.2. The standard InChI is InChI=1S/C30H50O5/c1-19(7-6-8-20(2)27(31)32)22-9-10-23-26-24(11-12-29(22,23)4)28(3)13-14-30(34-15-16-35-30)18-21(28)17-25(26)33-5/h19-26H,6-18H2,1-5H3,(H,31,32)/t19-,20-,21+,22?,23?,24?,25-,26?,28?,29?/m1/s1. The van der Waals surface area contributed by atoms with Crippen LogP contribution in [0.5, 0.6) is 0 Å². The second-order valence-corrected chi connectivity index (χ2v) is 13.7. The maximum Gasteiger partial charge on any atom is 0.306 e. The summed E-state index contributed by atoms with van der Waals surface area (Å²) in [4.78, 5) is 11.2.